The summed E-state index contributed by atoms with van der Waals surface area (Å²) in [6, 6.07) is -0.690. The van der Waals surface area contributed by atoms with Gasteiger partial charge >= 0.3 is 12.0 Å². The molecule has 0 saturated carbocycles. The average Bonchev–Trinajstić information content (AvgIpc) is 2.82. The summed E-state index contributed by atoms with van der Waals surface area (Å²) in [7, 11) is 0. The Hall–Kier alpha value is -2.71. The van der Waals surface area contributed by atoms with Gasteiger partial charge in [0.1, 0.15) is 0 Å². The van der Waals surface area contributed by atoms with Crippen LogP contribution in [0.5, 0.6) is 0 Å². The largest absolute Gasteiger partial charge is 0.452 e. The smallest absolute Gasteiger partial charge is 0.321 e. The van der Waals surface area contributed by atoms with Crippen molar-refractivity contribution >= 4 is 29.7 Å². The standard InChI is InChI=1S/C19H27N3O6/c1-11(15(24)20-18(27)21-19(2,3)4)28-14(23)9-10-22-16(25)12-7-5-6-8-13(12)17(22)26/h5-6,11-13H,7-10H2,1-4H3,(H2,20,21,24,27)/t11-,12-,13+/m1/s1. The molecule has 2 N–H and O–H groups in total. The highest BCUT2D eigenvalue weighted by molar-refractivity contribution is 6.05. The Morgan fingerprint density at radius 1 is 1.14 bits per heavy atom. The molecule has 3 atom stereocenters. The van der Waals surface area contributed by atoms with E-state index < -0.39 is 29.6 Å². The molecule has 2 aliphatic rings. The summed E-state index contributed by atoms with van der Waals surface area (Å²) in [6.07, 6.45) is 3.44. The van der Waals surface area contributed by atoms with E-state index in [-0.39, 0.29) is 36.6 Å². The summed E-state index contributed by atoms with van der Waals surface area (Å²) in [4.78, 5) is 61.4. The van der Waals surface area contributed by atoms with Gasteiger partial charge in [0.05, 0.1) is 18.3 Å². The van der Waals surface area contributed by atoms with Crippen molar-refractivity contribution in [1.29, 1.82) is 0 Å². The molecule has 0 unspecified atom stereocenters. The van der Waals surface area contributed by atoms with Gasteiger partial charge in [-0.2, -0.15) is 0 Å². The SMILES string of the molecule is C[C@@H](OC(=O)CCN1C(=O)[C@H]2CC=CC[C@H]2C1=O)C(=O)NC(=O)NC(C)(C)C. The first-order valence-corrected chi connectivity index (χ1v) is 9.32. The molecule has 0 bridgehead atoms. The lowest BCUT2D eigenvalue weighted by Gasteiger charge is -2.21. The van der Waals surface area contributed by atoms with Crippen molar-refractivity contribution in [3.05, 3.63) is 12.2 Å². The van der Waals surface area contributed by atoms with Crippen LogP contribution in [0.4, 0.5) is 4.79 Å². The molecule has 0 aromatic heterocycles. The first kappa shape index (κ1) is 21.6. The van der Waals surface area contributed by atoms with Crippen LogP contribution in [-0.4, -0.2) is 52.8 Å². The monoisotopic (exact) mass is 393 g/mol. The van der Waals surface area contributed by atoms with Crippen molar-refractivity contribution in [2.45, 2.75) is 58.6 Å². The summed E-state index contributed by atoms with van der Waals surface area (Å²) in [5.41, 5.74) is -0.522. The highest BCUT2D eigenvalue weighted by Crippen LogP contribution is 2.34. The number of fused-ring (bicyclic) bond motifs is 1. The van der Waals surface area contributed by atoms with Gasteiger partial charge in [0, 0.05) is 12.1 Å². The number of carbonyl (C=O) groups is 5. The molecule has 0 aromatic carbocycles. The number of hydrogen-bond acceptors (Lipinski definition) is 6. The first-order valence-electron chi connectivity index (χ1n) is 9.32. The topological polar surface area (TPSA) is 122 Å². The number of hydrogen-bond donors (Lipinski definition) is 2. The lowest BCUT2D eigenvalue weighted by molar-refractivity contribution is -0.155. The Morgan fingerprint density at radius 3 is 2.18 bits per heavy atom. The van der Waals surface area contributed by atoms with Gasteiger partial charge in [0.2, 0.25) is 11.8 Å². The molecule has 0 radical (unpaired) electrons. The molecule has 1 aliphatic heterocycles. The molecule has 1 aliphatic carbocycles. The predicted octanol–water partition coefficient (Wildman–Crippen LogP) is 0.884. The van der Waals surface area contributed by atoms with E-state index in [2.05, 4.69) is 10.6 Å². The van der Waals surface area contributed by atoms with Crippen molar-refractivity contribution in [2.75, 3.05) is 6.54 Å². The van der Waals surface area contributed by atoms with Crippen LogP contribution in [0.25, 0.3) is 0 Å². The molecule has 1 fully saturated rings. The molecule has 9 heteroatoms. The van der Waals surface area contributed by atoms with Crippen molar-refractivity contribution < 1.29 is 28.7 Å². The fraction of sp³-hybridized carbons (Fsp3) is 0.632. The van der Waals surface area contributed by atoms with E-state index in [0.29, 0.717) is 12.8 Å². The van der Waals surface area contributed by atoms with E-state index in [1.807, 2.05) is 12.2 Å². The second kappa shape index (κ2) is 8.53. The molecule has 1 heterocycles. The highest BCUT2D eigenvalue weighted by atomic mass is 16.5. The molecule has 0 aromatic rings. The Bertz CT molecular complexity index is 683. The average molecular weight is 393 g/mol. The molecule has 28 heavy (non-hydrogen) atoms. The number of ether oxygens (including phenoxy) is 1. The number of allylic oxidation sites excluding steroid dienone is 2. The van der Waals surface area contributed by atoms with Crippen LogP contribution in [-0.2, 0) is 23.9 Å². The number of amides is 5. The number of imide groups is 2. The minimum Gasteiger partial charge on any atom is -0.452 e. The maximum absolute atomic E-state index is 12.3. The highest BCUT2D eigenvalue weighted by Gasteiger charge is 2.47. The van der Waals surface area contributed by atoms with E-state index in [1.54, 1.807) is 20.8 Å². The summed E-state index contributed by atoms with van der Waals surface area (Å²) < 4.78 is 5.00. The fourth-order valence-corrected chi connectivity index (χ4v) is 3.19. The zero-order chi connectivity index (χ0) is 21.1. The third-order valence-electron chi connectivity index (χ3n) is 4.54. The Kier molecular flexibility index (Phi) is 6.58. The van der Waals surface area contributed by atoms with Gasteiger partial charge in [0.15, 0.2) is 6.10 Å². The van der Waals surface area contributed by atoms with Crippen LogP contribution in [0, 0.1) is 11.8 Å². The lowest BCUT2D eigenvalue weighted by atomic mass is 9.85. The molecular formula is C19H27N3O6. The molecule has 2 rings (SSSR count). The van der Waals surface area contributed by atoms with Gasteiger partial charge in [-0.1, -0.05) is 12.2 Å². The van der Waals surface area contributed by atoms with Gasteiger partial charge in [-0.25, -0.2) is 4.79 Å². The normalized spacial score (nSPS) is 22.5. The van der Waals surface area contributed by atoms with Crippen LogP contribution < -0.4 is 10.6 Å². The zero-order valence-electron chi connectivity index (χ0n) is 16.6. The van der Waals surface area contributed by atoms with Gasteiger partial charge in [-0.05, 0) is 40.5 Å². The van der Waals surface area contributed by atoms with Crippen molar-refractivity contribution in [2.24, 2.45) is 11.8 Å². The van der Waals surface area contributed by atoms with E-state index in [4.69, 9.17) is 4.74 Å². The molecule has 1 saturated heterocycles. The van der Waals surface area contributed by atoms with Crippen LogP contribution in [0.2, 0.25) is 0 Å². The van der Waals surface area contributed by atoms with Gasteiger partial charge < -0.3 is 10.1 Å². The summed E-state index contributed by atoms with van der Waals surface area (Å²) in [5, 5.41) is 4.65. The predicted molar refractivity (Wildman–Crippen MR) is 98.7 cm³/mol. The second-order valence-corrected chi connectivity index (χ2v) is 8.06. The fourth-order valence-electron chi connectivity index (χ4n) is 3.19. The number of esters is 1. The molecule has 9 nitrogen and oxygen atoms in total. The van der Waals surface area contributed by atoms with Gasteiger partial charge in [0.25, 0.3) is 5.91 Å². The molecule has 154 valence electrons. The number of nitrogens with zero attached hydrogens (tertiary/aromatic N) is 1. The van der Waals surface area contributed by atoms with E-state index >= 15 is 0 Å². The number of carbonyl (C=O) groups excluding carboxylic acids is 5. The minimum atomic E-state index is -1.19. The second-order valence-electron chi connectivity index (χ2n) is 8.06. The van der Waals surface area contributed by atoms with Crippen LogP contribution in [0.1, 0.15) is 47.0 Å². The number of urea groups is 1. The molecule has 0 spiro atoms. The molecular weight excluding hydrogens is 366 g/mol. The van der Waals surface area contributed by atoms with Crippen LogP contribution in [0.3, 0.4) is 0 Å². The first-order chi connectivity index (χ1) is 13.0. The van der Waals surface area contributed by atoms with Gasteiger partial charge in [-0.3, -0.25) is 29.4 Å². The Labute approximate surface area is 163 Å². The Balaban J connectivity index is 1.79. The van der Waals surface area contributed by atoms with E-state index in [0.717, 1.165) is 4.90 Å². The third kappa shape index (κ3) is 5.40. The van der Waals surface area contributed by atoms with E-state index in [9.17, 15) is 24.0 Å². The lowest BCUT2D eigenvalue weighted by Crippen LogP contribution is -2.50. The summed E-state index contributed by atoms with van der Waals surface area (Å²) in [6.45, 7) is 6.53. The van der Waals surface area contributed by atoms with Crippen LogP contribution >= 0.6 is 0 Å². The van der Waals surface area contributed by atoms with Gasteiger partial charge in [-0.15, -0.1) is 0 Å². The van der Waals surface area contributed by atoms with E-state index in [1.165, 1.54) is 6.92 Å². The number of nitrogens with one attached hydrogen (secondary N) is 2. The Morgan fingerprint density at radius 2 is 1.68 bits per heavy atom. The summed E-state index contributed by atoms with van der Waals surface area (Å²) in [5.74, 6) is -2.72. The van der Waals surface area contributed by atoms with Crippen LogP contribution in [0.15, 0.2) is 12.2 Å². The zero-order valence-corrected chi connectivity index (χ0v) is 16.6. The van der Waals surface area contributed by atoms with Crippen molar-refractivity contribution in [3.8, 4) is 0 Å². The minimum absolute atomic E-state index is 0.0810. The third-order valence-corrected chi connectivity index (χ3v) is 4.54. The van der Waals surface area contributed by atoms with Crippen molar-refractivity contribution in [3.63, 3.8) is 0 Å². The number of likely N-dealkylation sites (tertiary alicyclic amines) is 1. The summed E-state index contributed by atoms with van der Waals surface area (Å²) >= 11 is 0. The van der Waals surface area contributed by atoms with Crippen molar-refractivity contribution in [1.82, 2.24) is 15.5 Å². The maximum atomic E-state index is 12.3. The number of rotatable bonds is 5. The quantitative estimate of drug-likeness (QED) is 0.406. The maximum Gasteiger partial charge on any atom is 0.321 e. The molecule has 5 amide bonds.